The second-order valence-corrected chi connectivity index (χ2v) is 11.9. The number of hydrogen-bond acceptors (Lipinski definition) is 10. The molecule has 2 aliphatic rings. The van der Waals surface area contributed by atoms with Crippen molar-refractivity contribution < 1.29 is 32.6 Å². The molecule has 1 aliphatic heterocycles. The van der Waals surface area contributed by atoms with E-state index < -0.39 is 42.3 Å². The Morgan fingerprint density at radius 2 is 1.69 bits per heavy atom. The molecule has 15 heteroatoms. The minimum Gasteiger partial charge on any atom is -0.451 e. The summed E-state index contributed by atoms with van der Waals surface area (Å²) in [6.45, 7) is 4.70. The van der Waals surface area contributed by atoms with Crippen molar-refractivity contribution >= 4 is 34.8 Å². The Bertz CT molecular complexity index is 1680. The number of carbonyl (C=O) groups excluding carboxylic acids is 2. The number of halogens is 3. The lowest BCUT2D eigenvalue weighted by Crippen LogP contribution is -2.45. The predicted molar refractivity (Wildman–Crippen MR) is 171 cm³/mol. The molecule has 254 valence electrons. The molecule has 4 atom stereocenters. The summed E-state index contributed by atoms with van der Waals surface area (Å²) in [4.78, 5) is 40.5. The second kappa shape index (κ2) is 14.2. The molecule has 0 radical (unpaired) electrons. The summed E-state index contributed by atoms with van der Waals surface area (Å²) >= 11 is 0. The zero-order valence-corrected chi connectivity index (χ0v) is 26.2. The average Bonchev–Trinajstić information content (AvgIpc) is 3.66. The molecule has 1 saturated heterocycles. The van der Waals surface area contributed by atoms with E-state index in [4.69, 9.17) is 14.7 Å². The SMILES string of the molecule is CCC(=O)N[C@H]1C[C@@H](n2cnc3c(NCC(c4ccccc4)c4ccccc4)nc(N4CCNCC4)nc32)[C@H](OC(=O)C(F)(F)F)[C@@H]1O. The molecule has 0 spiro atoms. The van der Waals surface area contributed by atoms with Gasteiger partial charge in [-0.15, -0.1) is 0 Å². The molecule has 2 aromatic heterocycles. The highest BCUT2D eigenvalue weighted by Gasteiger charge is 2.51. The summed E-state index contributed by atoms with van der Waals surface area (Å²) in [5.41, 5.74) is 2.81. The molecular weight excluding hydrogens is 629 g/mol. The Morgan fingerprint density at radius 1 is 1.04 bits per heavy atom. The van der Waals surface area contributed by atoms with Crippen molar-refractivity contribution in [3.8, 4) is 0 Å². The predicted octanol–water partition coefficient (Wildman–Crippen LogP) is 3.15. The van der Waals surface area contributed by atoms with Crippen LogP contribution < -0.4 is 20.9 Å². The van der Waals surface area contributed by atoms with Crippen LogP contribution in [0.4, 0.5) is 24.9 Å². The summed E-state index contributed by atoms with van der Waals surface area (Å²) < 4.78 is 46.4. The third kappa shape index (κ3) is 7.06. The van der Waals surface area contributed by atoms with Crippen LogP contribution in [0.5, 0.6) is 0 Å². The maximum absolute atomic E-state index is 13.3. The lowest BCUT2D eigenvalue weighted by molar-refractivity contribution is -0.209. The number of rotatable bonds is 10. The van der Waals surface area contributed by atoms with Crippen LogP contribution in [0, 0.1) is 0 Å². The number of alkyl halides is 3. The fraction of sp³-hybridized carbons (Fsp3) is 0.424. The molecule has 1 aliphatic carbocycles. The summed E-state index contributed by atoms with van der Waals surface area (Å²) in [6.07, 6.45) is -7.08. The number of ether oxygens (including phenoxy) is 1. The van der Waals surface area contributed by atoms with Gasteiger partial charge in [-0.2, -0.15) is 23.1 Å². The molecule has 48 heavy (non-hydrogen) atoms. The molecule has 4 N–H and O–H groups in total. The minimum atomic E-state index is -5.28. The fourth-order valence-corrected chi connectivity index (χ4v) is 6.33. The van der Waals surface area contributed by atoms with Gasteiger partial charge in [-0.3, -0.25) is 4.79 Å². The molecule has 2 aromatic carbocycles. The second-order valence-electron chi connectivity index (χ2n) is 11.9. The van der Waals surface area contributed by atoms with Crippen molar-refractivity contribution in [2.45, 2.75) is 56.2 Å². The lowest BCUT2D eigenvalue weighted by atomic mass is 9.91. The zero-order valence-electron chi connectivity index (χ0n) is 26.2. The van der Waals surface area contributed by atoms with E-state index in [-0.39, 0.29) is 24.4 Å². The number of fused-ring (bicyclic) bond motifs is 1. The number of aromatic nitrogens is 4. The van der Waals surface area contributed by atoms with Crippen LogP contribution in [0.2, 0.25) is 0 Å². The number of piperazine rings is 1. The van der Waals surface area contributed by atoms with Gasteiger partial charge in [0.25, 0.3) is 0 Å². The fourth-order valence-electron chi connectivity index (χ4n) is 6.33. The topological polar surface area (TPSA) is 147 Å². The van der Waals surface area contributed by atoms with Gasteiger partial charge in [-0.1, -0.05) is 67.6 Å². The van der Waals surface area contributed by atoms with Crippen LogP contribution >= 0.6 is 0 Å². The van der Waals surface area contributed by atoms with Gasteiger partial charge in [0, 0.05) is 45.1 Å². The van der Waals surface area contributed by atoms with E-state index >= 15 is 0 Å². The highest BCUT2D eigenvalue weighted by Crippen LogP contribution is 2.38. The molecule has 4 aromatic rings. The molecular formula is C33H37F3N8O4. The Hall–Kier alpha value is -4.76. The summed E-state index contributed by atoms with van der Waals surface area (Å²) in [6, 6.07) is 18.0. The van der Waals surface area contributed by atoms with Gasteiger partial charge >= 0.3 is 12.1 Å². The van der Waals surface area contributed by atoms with Gasteiger partial charge in [0.05, 0.1) is 18.4 Å². The molecule has 6 rings (SSSR count). The number of aliphatic hydroxyl groups excluding tert-OH is 1. The first-order chi connectivity index (χ1) is 23.1. The number of carbonyl (C=O) groups is 2. The lowest BCUT2D eigenvalue weighted by Gasteiger charge is -2.28. The first-order valence-electron chi connectivity index (χ1n) is 15.9. The maximum atomic E-state index is 13.3. The average molecular weight is 667 g/mol. The smallest absolute Gasteiger partial charge is 0.451 e. The summed E-state index contributed by atoms with van der Waals surface area (Å²) in [7, 11) is 0. The number of amides is 1. The normalized spacial score (nSPS) is 21.4. The first-order valence-corrected chi connectivity index (χ1v) is 15.9. The van der Waals surface area contributed by atoms with Crippen LogP contribution in [-0.2, 0) is 14.3 Å². The summed E-state index contributed by atoms with van der Waals surface area (Å²) in [5, 5.41) is 20.5. The Labute approximate surface area is 274 Å². The number of nitrogens with one attached hydrogen (secondary N) is 3. The molecule has 12 nitrogen and oxygen atoms in total. The maximum Gasteiger partial charge on any atom is 0.490 e. The number of nitrogens with zero attached hydrogens (tertiary/aromatic N) is 5. The number of esters is 1. The van der Waals surface area contributed by atoms with Crippen molar-refractivity contribution in [3.05, 3.63) is 78.1 Å². The van der Waals surface area contributed by atoms with Crippen LogP contribution in [0.1, 0.15) is 42.9 Å². The number of aliphatic hydroxyl groups is 1. The number of imidazole rings is 1. The molecule has 2 fully saturated rings. The van der Waals surface area contributed by atoms with Crippen molar-refractivity contribution in [1.82, 2.24) is 30.2 Å². The van der Waals surface area contributed by atoms with E-state index in [2.05, 4.69) is 45.2 Å². The van der Waals surface area contributed by atoms with Gasteiger partial charge in [-0.25, -0.2) is 9.78 Å². The van der Waals surface area contributed by atoms with E-state index in [0.29, 0.717) is 50.0 Å². The molecule has 0 unspecified atom stereocenters. The largest absolute Gasteiger partial charge is 0.490 e. The van der Waals surface area contributed by atoms with E-state index in [1.807, 2.05) is 41.3 Å². The van der Waals surface area contributed by atoms with E-state index in [1.165, 1.54) is 10.9 Å². The third-order valence-corrected chi connectivity index (χ3v) is 8.81. The van der Waals surface area contributed by atoms with Gasteiger partial charge in [-0.05, 0) is 17.5 Å². The van der Waals surface area contributed by atoms with Crippen LogP contribution in [0.3, 0.4) is 0 Å². The molecule has 1 amide bonds. The van der Waals surface area contributed by atoms with E-state index in [0.717, 1.165) is 11.1 Å². The Balaban J connectivity index is 1.40. The number of benzene rings is 2. The quantitative estimate of drug-likeness (QED) is 0.186. The summed E-state index contributed by atoms with van der Waals surface area (Å²) in [5.74, 6) is -2.09. The van der Waals surface area contributed by atoms with Crippen molar-refractivity contribution in [2.24, 2.45) is 0 Å². The van der Waals surface area contributed by atoms with Crippen LogP contribution in [0.25, 0.3) is 11.2 Å². The van der Waals surface area contributed by atoms with E-state index in [1.54, 1.807) is 6.92 Å². The molecule has 0 bridgehead atoms. The molecule has 3 heterocycles. The van der Waals surface area contributed by atoms with Crippen LogP contribution in [-0.4, -0.2) is 93.7 Å². The number of hydrogen-bond donors (Lipinski definition) is 4. The number of anilines is 2. The van der Waals surface area contributed by atoms with Crippen molar-refractivity contribution in [2.75, 3.05) is 42.9 Å². The van der Waals surface area contributed by atoms with Gasteiger partial charge in [0.15, 0.2) is 23.1 Å². The molecule has 1 saturated carbocycles. The zero-order chi connectivity index (χ0) is 33.8. The Kier molecular flexibility index (Phi) is 9.78. The standard InChI is InChI=1S/C33H37F3N8O4/c1-2-25(45)40-23-17-24(28(27(23)46)48-31(47)33(34,35)36)44-19-39-26-29(41-32(42-30(26)44)43-15-13-37-14-16-43)38-18-22(20-9-5-3-6-10-20)21-11-7-4-8-12-21/h3-12,19,22-24,27-28,37,46H,2,13-18H2,1H3,(H,40,45)(H,38,41,42)/t23-,24+,27+,28-/m0/s1. The van der Waals surface area contributed by atoms with Crippen molar-refractivity contribution in [1.29, 1.82) is 0 Å². The van der Waals surface area contributed by atoms with Gasteiger partial charge in [0.2, 0.25) is 11.9 Å². The Morgan fingerprint density at radius 3 is 2.29 bits per heavy atom. The van der Waals surface area contributed by atoms with E-state index in [9.17, 15) is 27.9 Å². The minimum absolute atomic E-state index is 0.0337. The first kappa shape index (κ1) is 33.2. The van der Waals surface area contributed by atoms with Gasteiger partial charge < -0.3 is 35.3 Å². The van der Waals surface area contributed by atoms with Crippen molar-refractivity contribution in [3.63, 3.8) is 0 Å². The van der Waals surface area contributed by atoms with Gasteiger partial charge in [0.1, 0.15) is 6.10 Å². The third-order valence-electron chi connectivity index (χ3n) is 8.81. The highest BCUT2D eigenvalue weighted by atomic mass is 19.4. The van der Waals surface area contributed by atoms with Crippen LogP contribution in [0.15, 0.2) is 67.0 Å². The monoisotopic (exact) mass is 666 g/mol. The highest BCUT2D eigenvalue weighted by molar-refractivity contribution is 5.85.